The first kappa shape index (κ1) is 15.6. The van der Waals surface area contributed by atoms with Crippen LogP contribution in [0.1, 0.15) is 27.2 Å². The molecule has 1 aromatic rings. The zero-order valence-corrected chi connectivity index (χ0v) is 13.4. The molecule has 1 fully saturated rings. The van der Waals surface area contributed by atoms with Gasteiger partial charge in [0, 0.05) is 32.9 Å². The van der Waals surface area contributed by atoms with Crippen molar-refractivity contribution >= 4 is 11.9 Å². The fraction of sp³-hybridized carbons (Fsp3) is 0.625. The zero-order chi connectivity index (χ0) is 15.5. The highest BCUT2D eigenvalue weighted by atomic mass is 16.6. The van der Waals surface area contributed by atoms with E-state index in [9.17, 15) is 4.79 Å². The Labute approximate surface area is 126 Å². The molecule has 1 aliphatic heterocycles. The van der Waals surface area contributed by atoms with Crippen molar-refractivity contribution in [2.75, 3.05) is 31.6 Å². The van der Waals surface area contributed by atoms with Crippen molar-refractivity contribution in [1.82, 2.24) is 9.88 Å². The van der Waals surface area contributed by atoms with Crippen LogP contribution in [0.4, 0.5) is 10.6 Å². The van der Waals surface area contributed by atoms with Crippen LogP contribution in [0.5, 0.6) is 0 Å². The molecule has 0 radical (unpaired) electrons. The van der Waals surface area contributed by atoms with Crippen LogP contribution < -0.4 is 4.90 Å². The molecule has 0 aliphatic carbocycles. The molecule has 2 heterocycles. The van der Waals surface area contributed by atoms with Crippen LogP contribution in [-0.4, -0.2) is 48.3 Å². The van der Waals surface area contributed by atoms with E-state index < -0.39 is 5.60 Å². The Morgan fingerprint density at radius 1 is 1.48 bits per heavy atom. The maximum atomic E-state index is 12.0. The molecule has 1 saturated heterocycles. The molecule has 0 aromatic carbocycles. The molecule has 5 heteroatoms. The molecule has 1 amide bonds. The molecule has 0 spiro atoms. The number of hydrogen-bond donors (Lipinski definition) is 0. The lowest BCUT2D eigenvalue weighted by atomic mass is 10.1. The zero-order valence-electron chi connectivity index (χ0n) is 13.4. The largest absolute Gasteiger partial charge is 0.444 e. The third-order valence-corrected chi connectivity index (χ3v) is 3.51. The van der Waals surface area contributed by atoms with Crippen LogP contribution in [0.25, 0.3) is 0 Å². The summed E-state index contributed by atoms with van der Waals surface area (Å²) in [7, 11) is 2.04. The van der Waals surface area contributed by atoms with Gasteiger partial charge in [0.1, 0.15) is 11.4 Å². The predicted octanol–water partition coefficient (Wildman–Crippen LogP) is 2.77. The lowest BCUT2D eigenvalue weighted by Crippen LogP contribution is -2.36. The Kier molecular flexibility index (Phi) is 4.70. The fourth-order valence-electron chi connectivity index (χ4n) is 2.53. The van der Waals surface area contributed by atoms with Gasteiger partial charge in [-0.3, -0.25) is 0 Å². The third-order valence-electron chi connectivity index (χ3n) is 3.51. The molecule has 0 saturated carbocycles. The first-order valence-electron chi connectivity index (χ1n) is 7.45. The molecule has 21 heavy (non-hydrogen) atoms. The predicted molar refractivity (Wildman–Crippen MR) is 83.4 cm³/mol. The van der Waals surface area contributed by atoms with Gasteiger partial charge in [0.05, 0.1) is 0 Å². The number of carbonyl (C=O) groups excluding carboxylic acids is 1. The van der Waals surface area contributed by atoms with Gasteiger partial charge in [-0.1, -0.05) is 6.07 Å². The van der Waals surface area contributed by atoms with Gasteiger partial charge in [-0.2, -0.15) is 0 Å². The number of nitrogens with zero attached hydrogens (tertiary/aromatic N) is 3. The van der Waals surface area contributed by atoms with Gasteiger partial charge < -0.3 is 14.5 Å². The molecular weight excluding hydrogens is 266 g/mol. The van der Waals surface area contributed by atoms with E-state index in [2.05, 4.69) is 9.88 Å². The molecule has 0 bridgehead atoms. The number of aromatic nitrogens is 1. The van der Waals surface area contributed by atoms with Crippen LogP contribution in [0, 0.1) is 5.92 Å². The number of carbonyl (C=O) groups is 1. The molecule has 2 rings (SSSR count). The van der Waals surface area contributed by atoms with E-state index in [1.54, 1.807) is 6.20 Å². The van der Waals surface area contributed by atoms with Gasteiger partial charge in [-0.15, -0.1) is 0 Å². The number of pyridine rings is 1. The molecule has 1 aliphatic rings. The van der Waals surface area contributed by atoms with Gasteiger partial charge in [-0.05, 0) is 45.2 Å². The van der Waals surface area contributed by atoms with Gasteiger partial charge >= 0.3 is 6.09 Å². The molecule has 1 aromatic heterocycles. The Bertz CT molecular complexity index is 470. The van der Waals surface area contributed by atoms with Gasteiger partial charge in [0.25, 0.3) is 0 Å². The number of hydrogen-bond acceptors (Lipinski definition) is 4. The van der Waals surface area contributed by atoms with Gasteiger partial charge in [-0.25, -0.2) is 9.78 Å². The van der Waals surface area contributed by atoms with E-state index in [1.807, 2.05) is 50.9 Å². The summed E-state index contributed by atoms with van der Waals surface area (Å²) < 4.78 is 5.42. The lowest BCUT2D eigenvalue weighted by molar-refractivity contribution is 0.0288. The summed E-state index contributed by atoms with van der Waals surface area (Å²) in [6.45, 7) is 8.12. The van der Waals surface area contributed by atoms with Crippen molar-refractivity contribution in [2.24, 2.45) is 5.92 Å². The molecule has 5 nitrogen and oxygen atoms in total. The van der Waals surface area contributed by atoms with E-state index in [1.165, 1.54) is 0 Å². The smallest absolute Gasteiger partial charge is 0.410 e. The number of ether oxygens (including phenoxy) is 1. The Morgan fingerprint density at radius 2 is 2.24 bits per heavy atom. The van der Waals surface area contributed by atoms with Crippen LogP contribution in [-0.2, 0) is 4.74 Å². The summed E-state index contributed by atoms with van der Waals surface area (Å²) in [6.07, 6.45) is 2.61. The summed E-state index contributed by atoms with van der Waals surface area (Å²) in [5.41, 5.74) is -0.431. The molecular formula is C16H25N3O2. The number of anilines is 1. The van der Waals surface area contributed by atoms with E-state index in [-0.39, 0.29) is 6.09 Å². The highest BCUT2D eigenvalue weighted by Gasteiger charge is 2.30. The average molecular weight is 291 g/mol. The summed E-state index contributed by atoms with van der Waals surface area (Å²) in [5.74, 6) is 1.43. The average Bonchev–Trinajstić information content (AvgIpc) is 2.86. The Balaban J connectivity index is 1.84. The third kappa shape index (κ3) is 4.62. The summed E-state index contributed by atoms with van der Waals surface area (Å²) in [4.78, 5) is 20.3. The Hall–Kier alpha value is -1.78. The molecule has 0 N–H and O–H groups in total. The summed E-state index contributed by atoms with van der Waals surface area (Å²) >= 11 is 0. The summed E-state index contributed by atoms with van der Waals surface area (Å²) in [6, 6.07) is 5.90. The molecule has 1 unspecified atom stereocenters. The number of likely N-dealkylation sites (tertiary alicyclic amines) is 1. The van der Waals surface area contributed by atoms with Crippen LogP contribution in [0.15, 0.2) is 24.4 Å². The quantitative estimate of drug-likeness (QED) is 0.859. The van der Waals surface area contributed by atoms with E-state index in [0.717, 1.165) is 31.9 Å². The van der Waals surface area contributed by atoms with Crippen molar-refractivity contribution in [3.8, 4) is 0 Å². The van der Waals surface area contributed by atoms with Crippen molar-refractivity contribution in [2.45, 2.75) is 32.8 Å². The SMILES string of the molecule is CN(CC1CCN(C(=O)OC(C)(C)C)C1)c1ccccn1. The topological polar surface area (TPSA) is 45.7 Å². The van der Waals surface area contributed by atoms with Gasteiger partial charge in [0.2, 0.25) is 0 Å². The lowest BCUT2D eigenvalue weighted by Gasteiger charge is -2.25. The summed E-state index contributed by atoms with van der Waals surface area (Å²) in [5, 5.41) is 0. The van der Waals surface area contributed by atoms with Crippen LogP contribution in [0.3, 0.4) is 0 Å². The maximum absolute atomic E-state index is 12.0. The number of amides is 1. The van der Waals surface area contributed by atoms with Crippen molar-refractivity contribution < 1.29 is 9.53 Å². The monoisotopic (exact) mass is 291 g/mol. The second-order valence-electron chi connectivity index (χ2n) is 6.65. The van der Waals surface area contributed by atoms with Crippen molar-refractivity contribution in [1.29, 1.82) is 0 Å². The second kappa shape index (κ2) is 6.33. The minimum atomic E-state index is -0.431. The van der Waals surface area contributed by atoms with Gasteiger partial charge in [0.15, 0.2) is 0 Å². The maximum Gasteiger partial charge on any atom is 0.410 e. The van der Waals surface area contributed by atoms with Crippen LogP contribution >= 0.6 is 0 Å². The molecule has 116 valence electrons. The molecule has 1 atom stereocenters. The first-order valence-corrected chi connectivity index (χ1v) is 7.45. The second-order valence-corrected chi connectivity index (χ2v) is 6.65. The van der Waals surface area contributed by atoms with E-state index in [4.69, 9.17) is 4.74 Å². The van der Waals surface area contributed by atoms with Crippen LogP contribution in [0.2, 0.25) is 0 Å². The fourth-order valence-corrected chi connectivity index (χ4v) is 2.53. The Morgan fingerprint density at radius 3 is 2.86 bits per heavy atom. The normalized spacial score (nSPS) is 18.7. The first-order chi connectivity index (χ1) is 9.85. The minimum absolute atomic E-state index is 0.203. The van der Waals surface area contributed by atoms with E-state index in [0.29, 0.717) is 5.92 Å². The number of rotatable bonds is 3. The van der Waals surface area contributed by atoms with E-state index >= 15 is 0 Å². The highest BCUT2D eigenvalue weighted by molar-refractivity contribution is 5.68. The van der Waals surface area contributed by atoms with Crippen molar-refractivity contribution in [3.05, 3.63) is 24.4 Å². The van der Waals surface area contributed by atoms with Crippen molar-refractivity contribution in [3.63, 3.8) is 0 Å². The minimum Gasteiger partial charge on any atom is -0.444 e. The highest BCUT2D eigenvalue weighted by Crippen LogP contribution is 2.21. The standard InChI is InChI=1S/C16H25N3O2/c1-16(2,3)21-15(20)19-10-8-13(12-19)11-18(4)14-7-5-6-9-17-14/h5-7,9,13H,8,10-12H2,1-4H3.